The van der Waals surface area contributed by atoms with Crippen molar-refractivity contribution >= 4 is 5.82 Å². The fourth-order valence-electron chi connectivity index (χ4n) is 2.39. The van der Waals surface area contributed by atoms with Crippen molar-refractivity contribution in [2.24, 2.45) is 0 Å². The van der Waals surface area contributed by atoms with Crippen molar-refractivity contribution in [2.45, 2.75) is 20.8 Å². The zero-order valence-corrected chi connectivity index (χ0v) is 14.2. The summed E-state index contributed by atoms with van der Waals surface area (Å²) in [4.78, 5) is 8.78. The maximum Gasteiger partial charge on any atom is 0.174 e. The number of aromatic nitrogens is 4. The van der Waals surface area contributed by atoms with Crippen LogP contribution in [0.15, 0.2) is 42.7 Å². The number of ether oxygens (including phenoxy) is 1. The summed E-state index contributed by atoms with van der Waals surface area (Å²) < 4.78 is 7.48. The Bertz CT molecular complexity index is 811. The summed E-state index contributed by atoms with van der Waals surface area (Å²) in [5.41, 5.74) is 3.21. The van der Waals surface area contributed by atoms with Gasteiger partial charge in [0.25, 0.3) is 0 Å². The van der Waals surface area contributed by atoms with E-state index in [-0.39, 0.29) is 0 Å². The first-order valence-corrected chi connectivity index (χ1v) is 7.91. The van der Waals surface area contributed by atoms with Crippen molar-refractivity contribution in [1.82, 2.24) is 19.7 Å². The number of nitrogens with zero attached hydrogens (tertiary/aromatic N) is 4. The monoisotopic (exact) mass is 323 g/mol. The number of rotatable bonds is 6. The first-order valence-electron chi connectivity index (χ1n) is 7.91. The number of anilines is 1. The lowest BCUT2D eigenvalue weighted by atomic mass is 10.2. The molecule has 0 atom stereocenters. The summed E-state index contributed by atoms with van der Waals surface area (Å²) in [6.07, 6.45) is 3.40. The fraction of sp³-hybridized carbons (Fsp3) is 0.278. The summed E-state index contributed by atoms with van der Waals surface area (Å²) >= 11 is 0. The number of hydrogen-bond donors (Lipinski definition) is 1. The van der Waals surface area contributed by atoms with Crippen LogP contribution in [0.2, 0.25) is 0 Å². The van der Waals surface area contributed by atoms with Gasteiger partial charge in [0, 0.05) is 5.69 Å². The van der Waals surface area contributed by atoms with Crippen molar-refractivity contribution in [3.63, 3.8) is 0 Å². The Morgan fingerprint density at radius 3 is 2.58 bits per heavy atom. The van der Waals surface area contributed by atoms with E-state index >= 15 is 0 Å². The summed E-state index contributed by atoms with van der Waals surface area (Å²) in [6.45, 7) is 7.20. The molecular formula is C18H21N5O. The maximum atomic E-state index is 5.69. The van der Waals surface area contributed by atoms with Gasteiger partial charge < -0.3 is 10.1 Å². The van der Waals surface area contributed by atoms with Gasteiger partial charge in [-0.15, -0.1) is 0 Å². The lowest BCUT2D eigenvalue weighted by Crippen LogP contribution is -2.13. The van der Waals surface area contributed by atoms with Crippen LogP contribution in [-0.4, -0.2) is 32.9 Å². The summed E-state index contributed by atoms with van der Waals surface area (Å²) in [5, 5.41) is 7.65. The van der Waals surface area contributed by atoms with Crippen LogP contribution in [0.1, 0.15) is 17.0 Å². The minimum Gasteiger partial charge on any atom is -0.492 e. The van der Waals surface area contributed by atoms with Gasteiger partial charge in [-0.3, -0.25) is 4.98 Å². The van der Waals surface area contributed by atoms with Gasteiger partial charge >= 0.3 is 0 Å². The third kappa shape index (κ3) is 3.90. The van der Waals surface area contributed by atoms with Gasteiger partial charge in [-0.1, -0.05) is 17.7 Å². The highest BCUT2D eigenvalue weighted by atomic mass is 16.5. The molecule has 2 heterocycles. The largest absolute Gasteiger partial charge is 0.492 e. The minimum atomic E-state index is 0.550. The predicted octanol–water partition coefficient (Wildman–Crippen LogP) is 3.08. The molecule has 0 bridgehead atoms. The van der Waals surface area contributed by atoms with E-state index in [1.54, 1.807) is 17.1 Å². The topological polar surface area (TPSA) is 64.9 Å². The fourth-order valence-corrected chi connectivity index (χ4v) is 2.39. The predicted molar refractivity (Wildman–Crippen MR) is 93.8 cm³/mol. The highest BCUT2D eigenvalue weighted by Gasteiger charge is 2.06. The minimum absolute atomic E-state index is 0.550. The average Bonchev–Trinajstić information content (AvgIpc) is 2.92. The molecule has 0 unspecified atom stereocenters. The molecule has 0 aliphatic carbocycles. The van der Waals surface area contributed by atoms with E-state index in [1.807, 2.05) is 44.2 Å². The Labute approximate surface area is 141 Å². The van der Waals surface area contributed by atoms with Crippen molar-refractivity contribution in [3.8, 4) is 11.6 Å². The third-order valence-electron chi connectivity index (χ3n) is 3.55. The molecule has 0 radical (unpaired) electrons. The molecule has 2 aromatic heterocycles. The van der Waals surface area contributed by atoms with Crippen LogP contribution in [0, 0.1) is 20.8 Å². The molecule has 0 fully saturated rings. The zero-order chi connectivity index (χ0) is 16.9. The van der Waals surface area contributed by atoms with Gasteiger partial charge in [-0.05, 0) is 39.0 Å². The number of benzene rings is 1. The first-order chi connectivity index (χ1) is 11.6. The molecule has 3 aromatic rings. The molecule has 6 heteroatoms. The number of nitrogens with one attached hydrogen (secondary N) is 1. The third-order valence-corrected chi connectivity index (χ3v) is 3.55. The van der Waals surface area contributed by atoms with Crippen LogP contribution >= 0.6 is 0 Å². The van der Waals surface area contributed by atoms with Crippen molar-refractivity contribution in [3.05, 3.63) is 59.7 Å². The second-order valence-corrected chi connectivity index (χ2v) is 5.69. The molecule has 0 aliphatic rings. The smallest absolute Gasteiger partial charge is 0.174 e. The van der Waals surface area contributed by atoms with Crippen LogP contribution in [0.4, 0.5) is 5.82 Å². The Kier molecular flexibility index (Phi) is 4.74. The Morgan fingerprint density at radius 2 is 1.88 bits per heavy atom. The van der Waals surface area contributed by atoms with Gasteiger partial charge in [-0.2, -0.15) is 5.10 Å². The highest BCUT2D eigenvalue weighted by Crippen LogP contribution is 2.12. The molecule has 0 aliphatic heterocycles. The molecule has 1 aromatic carbocycles. The van der Waals surface area contributed by atoms with E-state index in [1.165, 1.54) is 5.56 Å². The van der Waals surface area contributed by atoms with Gasteiger partial charge in [0.05, 0.1) is 24.6 Å². The number of hydrogen-bond acceptors (Lipinski definition) is 5. The highest BCUT2D eigenvalue weighted by molar-refractivity contribution is 5.36. The van der Waals surface area contributed by atoms with E-state index in [9.17, 15) is 0 Å². The van der Waals surface area contributed by atoms with E-state index in [0.717, 1.165) is 17.1 Å². The van der Waals surface area contributed by atoms with Gasteiger partial charge in [0.15, 0.2) is 5.82 Å². The molecule has 3 rings (SSSR count). The van der Waals surface area contributed by atoms with E-state index in [4.69, 9.17) is 4.74 Å². The molecule has 6 nitrogen and oxygen atoms in total. The Balaban J connectivity index is 1.57. The molecule has 0 amide bonds. The average molecular weight is 323 g/mol. The van der Waals surface area contributed by atoms with E-state index < -0.39 is 0 Å². The van der Waals surface area contributed by atoms with Crippen molar-refractivity contribution in [2.75, 3.05) is 18.5 Å². The summed E-state index contributed by atoms with van der Waals surface area (Å²) in [5.74, 6) is 2.27. The molecule has 0 saturated carbocycles. The van der Waals surface area contributed by atoms with Crippen LogP contribution in [-0.2, 0) is 0 Å². The molecule has 0 spiro atoms. The lowest BCUT2D eigenvalue weighted by Gasteiger charge is -2.09. The van der Waals surface area contributed by atoms with Crippen molar-refractivity contribution < 1.29 is 4.74 Å². The molecule has 124 valence electrons. The van der Waals surface area contributed by atoms with Gasteiger partial charge in [0.2, 0.25) is 0 Å². The summed E-state index contributed by atoms with van der Waals surface area (Å²) in [6, 6.07) is 10.0. The second kappa shape index (κ2) is 7.12. The van der Waals surface area contributed by atoms with Gasteiger partial charge in [0.1, 0.15) is 18.2 Å². The normalized spacial score (nSPS) is 10.6. The van der Waals surface area contributed by atoms with Crippen LogP contribution in [0.25, 0.3) is 5.82 Å². The molecule has 0 saturated heterocycles. The standard InChI is InChI=1S/C18H21N5O/c1-13-4-6-16(7-5-13)24-9-8-20-17-11-19-12-18(21-17)23-15(3)10-14(2)22-23/h4-7,10-12H,8-9H2,1-3H3,(H,20,21). The summed E-state index contributed by atoms with van der Waals surface area (Å²) in [7, 11) is 0. The number of aryl methyl sites for hydroxylation is 3. The Morgan fingerprint density at radius 1 is 1.08 bits per heavy atom. The molecular weight excluding hydrogens is 302 g/mol. The van der Waals surface area contributed by atoms with E-state index in [0.29, 0.717) is 24.8 Å². The Hall–Kier alpha value is -2.89. The van der Waals surface area contributed by atoms with Crippen LogP contribution < -0.4 is 10.1 Å². The zero-order valence-electron chi connectivity index (χ0n) is 14.2. The molecule has 1 N–H and O–H groups in total. The first kappa shape index (κ1) is 16.0. The SMILES string of the molecule is Cc1ccc(OCCNc2cncc(-n3nc(C)cc3C)n2)cc1. The van der Waals surface area contributed by atoms with Crippen LogP contribution in [0.5, 0.6) is 5.75 Å². The van der Waals surface area contributed by atoms with Crippen molar-refractivity contribution in [1.29, 1.82) is 0 Å². The van der Waals surface area contributed by atoms with Crippen LogP contribution in [0.3, 0.4) is 0 Å². The maximum absolute atomic E-state index is 5.69. The second-order valence-electron chi connectivity index (χ2n) is 5.69. The van der Waals surface area contributed by atoms with Gasteiger partial charge in [-0.25, -0.2) is 9.67 Å². The molecule has 24 heavy (non-hydrogen) atoms. The lowest BCUT2D eigenvalue weighted by molar-refractivity contribution is 0.332. The van der Waals surface area contributed by atoms with E-state index in [2.05, 4.69) is 27.3 Å². The quantitative estimate of drug-likeness (QED) is 0.706.